The molecule has 1 N–H and O–H groups in total. The van der Waals surface area contributed by atoms with Gasteiger partial charge < -0.3 is 15.0 Å². The van der Waals surface area contributed by atoms with Crippen molar-refractivity contribution in [3.63, 3.8) is 0 Å². The van der Waals surface area contributed by atoms with E-state index in [1.165, 1.54) is 5.56 Å². The van der Waals surface area contributed by atoms with Crippen molar-refractivity contribution in [3.05, 3.63) is 59.9 Å². The van der Waals surface area contributed by atoms with Crippen molar-refractivity contribution >= 4 is 5.91 Å². The first kappa shape index (κ1) is 16.1. The van der Waals surface area contributed by atoms with Gasteiger partial charge in [0, 0.05) is 48.9 Å². The molecule has 1 aromatic carbocycles. The predicted molar refractivity (Wildman–Crippen MR) is 95.8 cm³/mol. The minimum absolute atomic E-state index is 0.115. The molecule has 2 aliphatic heterocycles. The lowest BCUT2D eigenvalue weighted by molar-refractivity contribution is 0.0697. The molecule has 0 unspecified atom stereocenters. The maximum Gasteiger partial charge on any atom is 0.254 e. The van der Waals surface area contributed by atoms with Gasteiger partial charge in [0.2, 0.25) is 0 Å². The number of ether oxygens (including phenoxy) is 1. The Kier molecular flexibility index (Phi) is 4.40. The van der Waals surface area contributed by atoms with Crippen LogP contribution in [-0.2, 0) is 0 Å². The van der Waals surface area contributed by atoms with E-state index in [1.807, 2.05) is 12.1 Å². The topological polar surface area (TPSA) is 54.5 Å². The third kappa shape index (κ3) is 3.00. The average Bonchev–Trinajstić information content (AvgIpc) is 3.08. The molecule has 0 aliphatic carbocycles. The summed E-state index contributed by atoms with van der Waals surface area (Å²) in [5.74, 6) is 1.76. The molecule has 5 heteroatoms. The number of methoxy groups -OCH3 is 1. The van der Waals surface area contributed by atoms with Crippen LogP contribution in [0, 0.1) is 5.92 Å². The molecule has 5 nitrogen and oxygen atoms in total. The van der Waals surface area contributed by atoms with Crippen LogP contribution in [0.2, 0.25) is 0 Å². The number of piperidine rings is 1. The summed E-state index contributed by atoms with van der Waals surface area (Å²) >= 11 is 0. The van der Waals surface area contributed by atoms with E-state index in [4.69, 9.17) is 4.74 Å². The molecule has 2 aromatic rings. The number of carbonyl (C=O) groups excluding carboxylic acids is 1. The molecular formula is C20H23N3O2. The summed E-state index contributed by atoms with van der Waals surface area (Å²) in [6.45, 7) is 2.67. The zero-order chi connectivity index (χ0) is 17.2. The second kappa shape index (κ2) is 6.84. The largest absolute Gasteiger partial charge is 0.497 e. The lowest BCUT2D eigenvalue weighted by Crippen LogP contribution is -2.46. The van der Waals surface area contributed by atoms with Crippen LogP contribution in [0.1, 0.15) is 28.3 Å². The first-order valence-corrected chi connectivity index (χ1v) is 8.83. The van der Waals surface area contributed by atoms with Gasteiger partial charge in [0.1, 0.15) is 5.75 Å². The van der Waals surface area contributed by atoms with Crippen LogP contribution >= 0.6 is 0 Å². The summed E-state index contributed by atoms with van der Waals surface area (Å²) in [6.07, 6.45) is 4.37. The van der Waals surface area contributed by atoms with Crippen molar-refractivity contribution in [1.82, 2.24) is 15.2 Å². The highest BCUT2D eigenvalue weighted by Gasteiger charge is 2.45. The van der Waals surface area contributed by atoms with Crippen molar-refractivity contribution in [3.8, 4) is 5.75 Å². The number of nitrogens with zero attached hydrogens (tertiary/aromatic N) is 2. The predicted octanol–water partition coefficient (Wildman–Crippen LogP) is 2.31. The van der Waals surface area contributed by atoms with Crippen LogP contribution in [0.5, 0.6) is 5.75 Å². The second-order valence-electron chi connectivity index (χ2n) is 6.80. The molecule has 1 aromatic heterocycles. The van der Waals surface area contributed by atoms with E-state index in [9.17, 15) is 4.79 Å². The number of rotatable bonds is 3. The van der Waals surface area contributed by atoms with Crippen molar-refractivity contribution in [2.45, 2.75) is 18.4 Å². The van der Waals surface area contributed by atoms with E-state index in [0.29, 0.717) is 11.8 Å². The Bertz CT molecular complexity index is 750. The van der Waals surface area contributed by atoms with Crippen molar-refractivity contribution in [1.29, 1.82) is 0 Å². The van der Waals surface area contributed by atoms with Crippen LogP contribution in [0.3, 0.4) is 0 Å². The summed E-state index contributed by atoms with van der Waals surface area (Å²) in [5, 5.41) is 3.50. The summed E-state index contributed by atoms with van der Waals surface area (Å²) in [6, 6.07) is 12.2. The highest BCUT2D eigenvalue weighted by atomic mass is 16.5. The minimum Gasteiger partial charge on any atom is -0.497 e. The Morgan fingerprint density at radius 1 is 1.28 bits per heavy atom. The SMILES string of the molecule is COc1cccc([C@H]2CN(C(=O)c3ccncc3)[C@@H]3CCNC[C@H]23)c1. The Morgan fingerprint density at radius 3 is 2.92 bits per heavy atom. The quantitative estimate of drug-likeness (QED) is 0.934. The van der Waals surface area contributed by atoms with Gasteiger partial charge in [-0.2, -0.15) is 0 Å². The number of hydrogen-bond donors (Lipinski definition) is 1. The summed E-state index contributed by atoms with van der Waals surface area (Å²) in [4.78, 5) is 19.2. The molecule has 2 aliphatic rings. The Morgan fingerprint density at radius 2 is 2.12 bits per heavy atom. The minimum atomic E-state index is 0.115. The number of amides is 1. The fourth-order valence-corrected chi connectivity index (χ4v) is 4.27. The molecule has 0 saturated carbocycles. The monoisotopic (exact) mass is 337 g/mol. The molecule has 25 heavy (non-hydrogen) atoms. The number of likely N-dealkylation sites (tertiary alicyclic amines) is 1. The fraction of sp³-hybridized carbons (Fsp3) is 0.400. The third-order valence-corrected chi connectivity index (χ3v) is 5.51. The first-order chi connectivity index (χ1) is 12.3. The maximum absolute atomic E-state index is 13.1. The third-order valence-electron chi connectivity index (χ3n) is 5.51. The number of aromatic nitrogens is 1. The van der Waals surface area contributed by atoms with Crippen molar-refractivity contribution < 1.29 is 9.53 Å². The molecular weight excluding hydrogens is 314 g/mol. The van der Waals surface area contributed by atoms with Crippen LogP contribution in [0.25, 0.3) is 0 Å². The highest BCUT2D eigenvalue weighted by Crippen LogP contribution is 2.41. The van der Waals surface area contributed by atoms with Crippen molar-refractivity contribution in [2.24, 2.45) is 5.92 Å². The number of fused-ring (bicyclic) bond motifs is 1. The van der Waals surface area contributed by atoms with E-state index in [0.717, 1.165) is 37.4 Å². The van der Waals surface area contributed by atoms with Gasteiger partial charge in [-0.1, -0.05) is 12.1 Å². The Hall–Kier alpha value is -2.40. The van der Waals surface area contributed by atoms with Gasteiger partial charge in [-0.15, -0.1) is 0 Å². The molecule has 2 fully saturated rings. The van der Waals surface area contributed by atoms with Gasteiger partial charge in [0.05, 0.1) is 7.11 Å². The van der Waals surface area contributed by atoms with Gasteiger partial charge in [-0.25, -0.2) is 0 Å². The van der Waals surface area contributed by atoms with E-state index in [-0.39, 0.29) is 11.9 Å². The second-order valence-corrected chi connectivity index (χ2v) is 6.80. The zero-order valence-electron chi connectivity index (χ0n) is 14.4. The van der Waals surface area contributed by atoms with Crippen molar-refractivity contribution in [2.75, 3.05) is 26.7 Å². The molecule has 130 valence electrons. The fourth-order valence-electron chi connectivity index (χ4n) is 4.27. The molecule has 0 spiro atoms. The zero-order valence-corrected chi connectivity index (χ0v) is 14.4. The number of pyridine rings is 1. The highest BCUT2D eigenvalue weighted by molar-refractivity contribution is 5.94. The summed E-state index contributed by atoms with van der Waals surface area (Å²) in [7, 11) is 1.69. The van der Waals surface area contributed by atoms with E-state index < -0.39 is 0 Å². The number of nitrogens with one attached hydrogen (secondary N) is 1. The van der Waals surface area contributed by atoms with Gasteiger partial charge in [0.25, 0.3) is 5.91 Å². The Balaban J connectivity index is 1.64. The Labute approximate surface area is 148 Å². The van der Waals surface area contributed by atoms with Crippen LogP contribution in [-0.4, -0.2) is 48.6 Å². The summed E-state index contributed by atoms with van der Waals surface area (Å²) in [5.41, 5.74) is 1.97. The first-order valence-electron chi connectivity index (χ1n) is 8.83. The lowest BCUT2D eigenvalue weighted by Gasteiger charge is -2.33. The molecule has 2 saturated heterocycles. The van der Waals surface area contributed by atoms with Gasteiger partial charge >= 0.3 is 0 Å². The van der Waals surface area contributed by atoms with E-state index >= 15 is 0 Å². The van der Waals surface area contributed by atoms with Gasteiger partial charge in [0.15, 0.2) is 0 Å². The number of benzene rings is 1. The standard InChI is InChI=1S/C20H23N3O2/c1-25-16-4-2-3-15(11-16)18-13-23(19-7-10-22-12-17(18)19)20(24)14-5-8-21-9-6-14/h2-6,8-9,11,17-19,22H,7,10,12-13H2,1H3/t17-,18-,19-/m1/s1. The van der Waals surface area contributed by atoms with Crippen LogP contribution in [0.15, 0.2) is 48.8 Å². The van der Waals surface area contributed by atoms with Gasteiger partial charge in [-0.3, -0.25) is 9.78 Å². The molecule has 0 radical (unpaired) electrons. The van der Waals surface area contributed by atoms with Crippen LogP contribution in [0.4, 0.5) is 0 Å². The lowest BCUT2D eigenvalue weighted by atomic mass is 9.82. The average molecular weight is 337 g/mol. The molecule has 3 heterocycles. The smallest absolute Gasteiger partial charge is 0.254 e. The normalized spacial score (nSPS) is 25.5. The molecule has 3 atom stereocenters. The van der Waals surface area contributed by atoms with E-state index in [2.05, 4.69) is 27.3 Å². The number of hydrogen-bond acceptors (Lipinski definition) is 4. The van der Waals surface area contributed by atoms with E-state index in [1.54, 1.807) is 31.6 Å². The molecule has 1 amide bonds. The van der Waals surface area contributed by atoms with Gasteiger partial charge in [-0.05, 0) is 42.8 Å². The van der Waals surface area contributed by atoms with Crippen LogP contribution < -0.4 is 10.1 Å². The molecule has 0 bridgehead atoms. The molecule has 4 rings (SSSR count). The maximum atomic E-state index is 13.1. The number of carbonyl (C=O) groups is 1. The summed E-state index contributed by atoms with van der Waals surface area (Å²) < 4.78 is 5.39.